The van der Waals surface area contributed by atoms with Gasteiger partial charge in [-0.3, -0.25) is 14.5 Å². The number of hydrogen-bond acceptors (Lipinski definition) is 6. The number of benzene rings is 2. The molecule has 0 spiro atoms. The first-order valence-corrected chi connectivity index (χ1v) is 11.5. The van der Waals surface area contributed by atoms with E-state index in [2.05, 4.69) is 24.5 Å². The van der Waals surface area contributed by atoms with Gasteiger partial charge in [0.25, 0.3) is 5.91 Å². The number of nitrogens with one attached hydrogen (secondary N) is 2. The Balaban J connectivity index is 1.60. The van der Waals surface area contributed by atoms with Crippen molar-refractivity contribution >= 4 is 35.0 Å². The number of rotatable bonds is 10. The predicted molar refractivity (Wildman–Crippen MR) is 125 cm³/mol. The third-order valence-electron chi connectivity index (χ3n) is 5.11. The third-order valence-corrected chi connectivity index (χ3v) is 6.04. The Hall–Kier alpha value is -2.71. The van der Waals surface area contributed by atoms with Crippen LogP contribution in [0, 0.1) is 0 Å². The first kappa shape index (κ1) is 23.0. The number of amides is 2. The van der Waals surface area contributed by atoms with Crippen LogP contribution in [0.15, 0.2) is 42.5 Å². The third kappa shape index (κ3) is 6.38. The van der Waals surface area contributed by atoms with Crippen LogP contribution in [0.1, 0.15) is 30.6 Å². The Kier molecular flexibility index (Phi) is 8.20. The minimum atomic E-state index is -0.312. The van der Waals surface area contributed by atoms with Crippen LogP contribution in [-0.4, -0.2) is 54.6 Å². The highest BCUT2D eigenvalue weighted by Crippen LogP contribution is 2.34. The maximum atomic E-state index is 12.8. The van der Waals surface area contributed by atoms with Gasteiger partial charge in [0.1, 0.15) is 0 Å². The number of thioether (sulfide) groups is 1. The molecule has 0 bridgehead atoms. The number of para-hydroxylation sites is 1. The number of anilines is 2. The van der Waals surface area contributed by atoms with Crippen molar-refractivity contribution in [2.75, 3.05) is 42.5 Å². The van der Waals surface area contributed by atoms with E-state index in [1.807, 2.05) is 23.7 Å². The summed E-state index contributed by atoms with van der Waals surface area (Å²) < 4.78 is 10.6. The number of nitrogens with zero attached hydrogens (tertiary/aromatic N) is 1. The molecule has 2 aromatic rings. The molecule has 0 saturated carbocycles. The van der Waals surface area contributed by atoms with Crippen LogP contribution in [0.2, 0.25) is 0 Å². The molecule has 2 aromatic carbocycles. The molecule has 0 aromatic heterocycles. The van der Waals surface area contributed by atoms with Crippen LogP contribution < -0.4 is 20.1 Å². The zero-order chi connectivity index (χ0) is 22.2. The lowest BCUT2D eigenvalue weighted by Crippen LogP contribution is -2.37. The molecule has 0 radical (unpaired) electrons. The second kappa shape index (κ2) is 11.1. The van der Waals surface area contributed by atoms with E-state index < -0.39 is 0 Å². The summed E-state index contributed by atoms with van der Waals surface area (Å²) in [5.74, 6) is 2.95. The first-order chi connectivity index (χ1) is 15.0. The quantitative estimate of drug-likeness (QED) is 0.539. The summed E-state index contributed by atoms with van der Waals surface area (Å²) in [4.78, 5) is 27.5. The van der Waals surface area contributed by atoms with Crippen molar-refractivity contribution in [1.29, 1.82) is 0 Å². The van der Waals surface area contributed by atoms with E-state index in [1.54, 1.807) is 42.5 Å². The summed E-state index contributed by atoms with van der Waals surface area (Å²) in [6, 6.07) is 12.5. The lowest BCUT2D eigenvalue weighted by Gasteiger charge is -2.24. The van der Waals surface area contributed by atoms with Crippen molar-refractivity contribution in [2.24, 2.45) is 0 Å². The molecule has 2 N–H and O–H groups in total. The van der Waals surface area contributed by atoms with Crippen LogP contribution in [-0.2, 0) is 4.79 Å². The Labute approximate surface area is 187 Å². The SMILES string of the molecule is CCSCC[C@@H](C)N(C)CC(=O)Nc1ccccc1C(=O)Nc1ccc2c(c1)OCO2. The molecule has 1 atom stereocenters. The Bertz CT molecular complexity index is 921. The Morgan fingerprint density at radius 2 is 1.90 bits per heavy atom. The van der Waals surface area contributed by atoms with Crippen molar-refractivity contribution in [3.63, 3.8) is 0 Å². The van der Waals surface area contributed by atoms with Crippen LogP contribution in [0.3, 0.4) is 0 Å². The van der Waals surface area contributed by atoms with Gasteiger partial charge in [-0.25, -0.2) is 0 Å². The Morgan fingerprint density at radius 1 is 1.13 bits per heavy atom. The summed E-state index contributed by atoms with van der Waals surface area (Å²) in [6.07, 6.45) is 1.02. The molecule has 31 heavy (non-hydrogen) atoms. The van der Waals surface area contributed by atoms with Crippen molar-refractivity contribution in [3.05, 3.63) is 48.0 Å². The normalized spacial score (nSPS) is 13.2. The lowest BCUT2D eigenvalue weighted by molar-refractivity contribution is -0.117. The maximum absolute atomic E-state index is 12.8. The van der Waals surface area contributed by atoms with Gasteiger partial charge in [0, 0.05) is 17.8 Å². The molecule has 0 fully saturated rings. The van der Waals surface area contributed by atoms with Gasteiger partial charge in [0.2, 0.25) is 12.7 Å². The van der Waals surface area contributed by atoms with E-state index in [4.69, 9.17) is 9.47 Å². The molecule has 3 rings (SSSR count). The zero-order valence-electron chi connectivity index (χ0n) is 18.1. The highest BCUT2D eigenvalue weighted by molar-refractivity contribution is 7.99. The molecular formula is C23H29N3O4S. The zero-order valence-corrected chi connectivity index (χ0v) is 19.0. The minimum absolute atomic E-state index is 0.152. The molecular weight excluding hydrogens is 414 g/mol. The molecule has 1 aliphatic heterocycles. The Morgan fingerprint density at radius 3 is 2.71 bits per heavy atom. The smallest absolute Gasteiger partial charge is 0.257 e. The first-order valence-electron chi connectivity index (χ1n) is 10.4. The van der Waals surface area contributed by atoms with Crippen molar-refractivity contribution in [1.82, 2.24) is 4.90 Å². The van der Waals surface area contributed by atoms with E-state index in [1.165, 1.54) is 0 Å². The van der Waals surface area contributed by atoms with Crippen LogP contribution in [0.25, 0.3) is 0 Å². The largest absolute Gasteiger partial charge is 0.454 e. The van der Waals surface area contributed by atoms with Crippen molar-refractivity contribution < 1.29 is 19.1 Å². The number of carbonyl (C=O) groups excluding carboxylic acids is 2. The van der Waals surface area contributed by atoms with Crippen molar-refractivity contribution in [2.45, 2.75) is 26.3 Å². The topological polar surface area (TPSA) is 79.9 Å². The van der Waals surface area contributed by atoms with Crippen LogP contribution >= 0.6 is 11.8 Å². The van der Waals surface area contributed by atoms with Crippen LogP contribution in [0.4, 0.5) is 11.4 Å². The standard InChI is InChI=1S/C23H29N3O4S/c1-4-31-12-11-16(2)26(3)14-22(27)25-19-8-6-5-7-18(19)23(28)24-17-9-10-20-21(13-17)30-15-29-20/h5-10,13,16H,4,11-12,14-15H2,1-3H3,(H,24,28)(H,25,27)/t16-/m1/s1. The molecule has 166 valence electrons. The van der Waals surface area contributed by atoms with E-state index in [0.717, 1.165) is 17.9 Å². The fourth-order valence-corrected chi connectivity index (χ4v) is 3.95. The summed E-state index contributed by atoms with van der Waals surface area (Å²) in [7, 11) is 1.94. The molecule has 7 nitrogen and oxygen atoms in total. The molecule has 2 amide bonds. The number of likely N-dealkylation sites (N-methyl/N-ethyl adjacent to an activating group) is 1. The predicted octanol–water partition coefficient (Wildman–Crippen LogP) is 4.07. The minimum Gasteiger partial charge on any atom is -0.454 e. The summed E-state index contributed by atoms with van der Waals surface area (Å²) in [5, 5.41) is 5.73. The number of hydrogen-bond donors (Lipinski definition) is 2. The molecule has 1 aliphatic rings. The monoisotopic (exact) mass is 443 g/mol. The molecule has 1 heterocycles. The number of ether oxygens (including phenoxy) is 2. The molecule has 8 heteroatoms. The van der Waals surface area contributed by atoms with Gasteiger partial charge in [-0.05, 0) is 56.2 Å². The molecule has 0 saturated heterocycles. The average molecular weight is 444 g/mol. The van der Waals surface area contributed by atoms with Crippen molar-refractivity contribution in [3.8, 4) is 11.5 Å². The van der Waals surface area contributed by atoms with Gasteiger partial charge in [0.05, 0.1) is 17.8 Å². The molecule has 0 unspecified atom stereocenters. The second-order valence-corrected chi connectivity index (χ2v) is 8.76. The number of fused-ring (bicyclic) bond motifs is 1. The van der Waals surface area contributed by atoms with Gasteiger partial charge >= 0.3 is 0 Å². The summed E-state index contributed by atoms with van der Waals surface area (Å²) in [6.45, 7) is 4.70. The average Bonchev–Trinajstić information content (AvgIpc) is 3.22. The van der Waals surface area contributed by atoms with E-state index in [-0.39, 0.29) is 25.2 Å². The second-order valence-electron chi connectivity index (χ2n) is 7.37. The van der Waals surface area contributed by atoms with E-state index in [0.29, 0.717) is 34.5 Å². The van der Waals surface area contributed by atoms with Gasteiger partial charge < -0.3 is 20.1 Å². The fourth-order valence-electron chi connectivity index (χ4n) is 3.15. The van der Waals surface area contributed by atoms with E-state index in [9.17, 15) is 9.59 Å². The molecule has 0 aliphatic carbocycles. The highest BCUT2D eigenvalue weighted by atomic mass is 32.2. The van der Waals surface area contributed by atoms with Gasteiger partial charge in [-0.1, -0.05) is 19.1 Å². The lowest BCUT2D eigenvalue weighted by atomic mass is 10.1. The maximum Gasteiger partial charge on any atom is 0.257 e. The summed E-state index contributed by atoms with van der Waals surface area (Å²) >= 11 is 1.90. The van der Waals surface area contributed by atoms with Crippen LogP contribution in [0.5, 0.6) is 11.5 Å². The summed E-state index contributed by atoms with van der Waals surface area (Å²) in [5.41, 5.74) is 1.46. The fraction of sp³-hybridized carbons (Fsp3) is 0.391. The van der Waals surface area contributed by atoms with Gasteiger partial charge in [0.15, 0.2) is 11.5 Å². The number of carbonyl (C=O) groups is 2. The van der Waals surface area contributed by atoms with Gasteiger partial charge in [-0.2, -0.15) is 11.8 Å². The van der Waals surface area contributed by atoms with Gasteiger partial charge in [-0.15, -0.1) is 0 Å². The van der Waals surface area contributed by atoms with E-state index >= 15 is 0 Å². The highest BCUT2D eigenvalue weighted by Gasteiger charge is 2.18.